The Labute approximate surface area is 74.3 Å². The lowest BCUT2D eigenvalue weighted by Crippen LogP contribution is -2.43. The van der Waals surface area contributed by atoms with Gasteiger partial charge in [-0.15, -0.1) is 12.4 Å². The predicted molar refractivity (Wildman–Crippen MR) is 40.1 cm³/mol. The van der Waals surface area contributed by atoms with Gasteiger partial charge in [0.15, 0.2) is 5.60 Å². The number of nitrogens with two attached hydrogens (primary N) is 1. The van der Waals surface area contributed by atoms with E-state index in [4.69, 9.17) is 10.8 Å². The Balaban J connectivity index is 0.00000121. The predicted octanol–water partition coefficient (Wildman–Crippen LogP) is 1.21. The minimum Gasteiger partial charge on any atom is -0.380 e. The molecule has 0 spiro atoms. The van der Waals surface area contributed by atoms with Crippen LogP contribution in [0, 0.1) is 0 Å². The van der Waals surface area contributed by atoms with Gasteiger partial charge in [0, 0.05) is 12.5 Å². The summed E-state index contributed by atoms with van der Waals surface area (Å²) < 4.78 is 36.0. The van der Waals surface area contributed by atoms with Gasteiger partial charge in [0.25, 0.3) is 0 Å². The van der Waals surface area contributed by atoms with E-state index in [0.29, 0.717) is 0 Å². The highest BCUT2D eigenvalue weighted by atomic mass is 35.5. The normalized spacial score (nSPS) is 36.2. The summed E-state index contributed by atoms with van der Waals surface area (Å²) in [6, 6.07) is -0.512. The Morgan fingerprint density at radius 2 is 1.92 bits per heavy atom. The molecule has 0 aromatic heterocycles. The van der Waals surface area contributed by atoms with Gasteiger partial charge in [-0.1, -0.05) is 0 Å². The molecule has 1 rings (SSSR count). The highest BCUT2D eigenvalue weighted by Gasteiger charge is 2.56. The maximum absolute atomic E-state index is 12.0. The van der Waals surface area contributed by atoms with Crippen LogP contribution in [-0.4, -0.2) is 22.9 Å². The molecule has 2 atom stereocenters. The second-order valence-electron chi connectivity index (χ2n) is 3.03. The van der Waals surface area contributed by atoms with Crippen molar-refractivity contribution in [3.8, 4) is 0 Å². The van der Waals surface area contributed by atoms with Gasteiger partial charge in [-0.05, 0) is 12.8 Å². The summed E-state index contributed by atoms with van der Waals surface area (Å²) in [7, 11) is 0. The minimum atomic E-state index is -4.53. The van der Waals surface area contributed by atoms with Crippen molar-refractivity contribution in [2.45, 2.75) is 37.1 Å². The fourth-order valence-electron chi connectivity index (χ4n) is 1.32. The molecule has 0 radical (unpaired) electrons. The molecule has 1 fully saturated rings. The molecule has 6 heteroatoms. The first-order chi connectivity index (χ1) is 4.85. The quantitative estimate of drug-likeness (QED) is 0.625. The summed E-state index contributed by atoms with van der Waals surface area (Å²) in [6.07, 6.45) is -4.91. The van der Waals surface area contributed by atoms with Gasteiger partial charge in [-0.3, -0.25) is 0 Å². The second-order valence-corrected chi connectivity index (χ2v) is 3.03. The molecule has 12 heavy (non-hydrogen) atoms. The molecule has 0 unspecified atom stereocenters. The molecule has 0 aromatic rings. The summed E-state index contributed by atoms with van der Waals surface area (Å²) in [6.45, 7) is 0. The number of hydrogen-bond acceptors (Lipinski definition) is 2. The average molecular weight is 206 g/mol. The average Bonchev–Trinajstić information content (AvgIpc) is 2.10. The van der Waals surface area contributed by atoms with E-state index in [1.54, 1.807) is 0 Å². The van der Waals surface area contributed by atoms with Crippen LogP contribution in [-0.2, 0) is 0 Å². The molecule has 0 aromatic carbocycles. The van der Waals surface area contributed by atoms with E-state index in [0.717, 1.165) is 0 Å². The SMILES string of the molecule is Cl.N[C@H]1CC[C@](O)(C(F)(F)F)C1. The zero-order chi connectivity index (χ0) is 8.70. The van der Waals surface area contributed by atoms with Crippen molar-refractivity contribution in [3.05, 3.63) is 0 Å². The van der Waals surface area contributed by atoms with E-state index in [1.165, 1.54) is 0 Å². The van der Waals surface area contributed by atoms with Gasteiger partial charge in [0.2, 0.25) is 0 Å². The van der Waals surface area contributed by atoms with Crippen LogP contribution < -0.4 is 5.73 Å². The van der Waals surface area contributed by atoms with Crippen molar-refractivity contribution >= 4 is 12.4 Å². The van der Waals surface area contributed by atoms with Crippen LogP contribution in [0.4, 0.5) is 13.2 Å². The monoisotopic (exact) mass is 205 g/mol. The van der Waals surface area contributed by atoms with E-state index in [9.17, 15) is 13.2 Å². The van der Waals surface area contributed by atoms with Gasteiger partial charge >= 0.3 is 6.18 Å². The van der Waals surface area contributed by atoms with Crippen LogP contribution in [0.1, 0.15) is 19.3 Å². The van der Waals surface area contributed by atoms with Crippen LogP contribution in [0.15, 0.2) is 0 Å². The van der Waals surface area contributed by atoms with E-state index in [-0.39, 0.29) is 31.7 Å². The van der Waals surface area contributed by atoms with Crippen molar-refractivity contribution in [1.82, 2.24) is 0 Å². The molecule has 1 aliphatic rings. The lowest BCUT2D eigenvalue weighted by atomic mass is 10.0. The first-order valence-electron chi connectivity index (χ1n) is 3.40. The number of alkyl halides is 3. The zero-order valence-corrected chi connectivity index (χ0v) is 7.08. The van der Waals surface area contributed by atoms with E-state index in [1.807, 2.05) is 0 Å². The molecule has 0 heterocycles. The van der Waals surface area contributed by atoms with Gasteiger partial charge < -0.3 is 10.8 Å². The first kappa shape index (κ1) is 12.0. The first-order valence-corrected chi connectivity index (χ1v) is 3.40. The van der Waals surface area contributed by atoms with Crippen LogP contribution >= 0.6 is 12.4 Å². The van der Waals surface area contributed by atoms with Crippen molar-refractivity contribution in [3.63, 3.8) is 0 Å². The molecule has 1 aliphatic carbocycles. The van der Waals surface area contributed by atoms with Crippen molar-refractivity contribution < 1.29 is 18.3 Å². The Kier molecular flexibility index (Phi) is 3.40. The summed E-state index contributed by atoms with van der Waals surface area (Å²) in [5.41, 5.74) is 2.73. The summed E-state index contributed by atoms with van der Waals surface area (Å²) in [5, 5.41) is 8.99. The van der Waals surface area contributed by atoms with Crippen LogP contribution in [0.3, 0.4) is 0 Å². The molecular weight excluding hydrogens is 195 g/mol. The van der Waals surface area contributed by atoms with Crippen LogP contribution in [0.2, 0.25) is 0 Å². The summed E-state index contributed by atoms with van der Waals surface area (Å²) in [4.78, 5) is 0. The highest BCUT2D eigenvalue weighted by Crippen LogP contribution is 2.42. The third-order valence-corrected chi connectivity index (χ3v) is 2.06. The lowest BCUT2D eigenvalue weighted by molar-refractivity contribution is -0.257. The van der Waals surface area contributed by atoms with Gasteiger partial charge in [0.05, 0.1) is 0 Å². The second kappa shape index (κ2) is 3.40. The fourth-order valence-corrected chi connectivity index (χ4v) is 1.32. The van der Waals surface area contributed by atoms with Crippen molar-refractivity contribution in [1.29, 1.82) is 0 Å². The third-order valence-electron chi connectivity index (χ3n) is 2.06. The van der Waals surface area contributed by atoms with Crippen LogP contribution in [0.25, 0.3) is 0 Å². The molecular formula is C6H11ClF3NO. The molecule has 3 N–H and O–H groups in total. The number of rotatable bonds is 0. The molecule has 0 bridgehead atoms. The topological polar surface area (TPSA) is 46.2 Å². The van der Waals surface area contributed by atoms with E-state index in [2.05, 4.69) is 0 Å². The maximum atomic E-state index is 12.0. The number of halogens is 4. The van der Waals surface area contributed by atoms with Crippen molar-refractivity contribution in [2.24, 2.45) is 5.73 Å². The zero-order valence-electron chi connectivity index (χ0n) is 6.27. The molecule has 1 saturated carbocycles. The fraction of sp³-hybridized carbons (Fsp3) is 1.00. The summed E-state index contributed by atoms with van der Waals surface area (Å²) >= 11 is 0. The molecule has 0 saturated heterocycles. The van der Waals surface area contributed by atoms with Gasteiger partial charge in [-0.2, -0.15) is 13.2 Å². The third kappa shape index (κ3) is 2.02. The Hall–Kier alpha value is -0.0000000000000000555. The smallest absolute Gasteiger partial charge is 0.380 e. The Bertz CT molecular complexity index is 163. The maximum Gasteiger partial charge on any atom is 0.417 e. The summed E-state index contributed by atoms with van der Waals surface area (Å²) in [5.74, 6) is 0. The minimum absolute atomic E-state index is 0. The molecule has 74 valence electrons. The lowest BCUT2D eigenvalue weighted by Gasteiger charge is -2.25. The highest BCUT2D eigenvalue weighted by molar-refractivity contribution is 5.85. The molecule has 0 aliphatic heterocycles. The molecule has 0 amide bonds. The van der Waals surface area contributed by atoms with Crippen LogP contribution in [0.5, 0.6) is 0 Å². The number of hydrogen-bond donors (Lipinski definition) is 2. The van der Waals surface area contributed by atoms with Gasteiger partial charge in [0.1, 0.15) is 0 Å². The number of aliphatic hydroxyl groups is 1. The standard InChI is InChI=1S/C6H10F3NO.ClH/c7-6(8,9)5(11)2-1-4(10)3-5;/h4,11H,1-3,10H2;1H/t4-,5+;/m0./s1. The largest absolute Gasteiger partial charge is 0.417 e. The Morgan fingerprint density at radius 3 is 2.08 bits per heavy atom. The molecule has 2 nitrogen and oxygen atoms in total. The Morgan fingerprint density at radius 1 is 1.42 bits per heavy atom. The van der Waals surface area contributed by atoms with Crippen molar-refractivity contribution in [2.75, 3.05) is 0 Å². The van der Waals surface area contributed by atoms with E-state index >= 15 is 0 Å². The van der Waals surface area contributed by atoms with E-state index < -0.39 is 17.8 Å². The van der Waals surface area contributed by atoms with Gasteiger partial charge in [-0.25, -0.2) is 0 Å².